The zero-order chi connectivity index (χ0) is 25.1. The fourth-order valence-electron chi connectivity index (χ4n) is 4.48. The summed E-state index contributed by atoms with van der Waals surface area (Å²) < 4.78 is 5.91. The van der Waals surface area contributed by atoms with E-state index in [9.17, 15) is 4.79 Å². The lowest BCUT2D eigenvalue weighted by molar-refractivity contribution is 0.0174. The van der Waals surface area contributed by atoms with Crippen LogP contribution in [0.3, 0.4) is 0 Å². The Morgan fingerprint density at radius 1 is 1.06 bits per heavy atom. The summed E-state index contributed by atoms with van der Waals surface area (Å²) in [4.78, 5) is 23.7. The van der Waals surface area contributed by atoms with Gasteiger partial charge in [0, 0.05) is 49.9 Å². The van der Waals surface area contributed by atoms with E-state index in [2.05, 4.69) is 39.4 Å². The van der Waals surface area contributed by atoms with Crippen LogP contribution in [0.4, 0.5) is 11.4 Å². The van der Waals surface area contributed by atoms with Crippen LogP contribution in [-0.4, -0.2) is 72.2 Å². The number of para-hydroxylation sites is 1. The van der Waals surface area contributed by atoms with Gasteiger partial charge in [0.25, 0.3) is 5.91 Å². The number of likely N-dealkylation sites (tertiary alicyclic amines) is 2. The van der Waals surface area contributed by atoms with Crippen LogP contribution >= 0.6 is 23.6 Å². The summed E-state index contributed by atoms with van der Waals surface area (Å²) in [6.45, 7) is 2.95. The van der Waals surface area contributed by atoms with E-state index in [0.717, 1.165) is 53.2 Å². The number of carbonyl (C=O) groups excluding carboxylic acids is 1. The summed E-state index contributed by atoms with van der Waals surface area (Å²) in [6.07, 6.45) is 1.99. The molecule has 3 aromatic rings. The Labute approximate surface area is 221 Å². The van der Waals surface area contributed by atoms with Gasteiger partial charge >= 0.3 is 0 Å². The highest BCUT2D eigenvalue weighted by Crippen LogP contribution is 2.31. The number of carbonyl (C=O) groups is 1. The van der Waals surface area contributed by atoms with Crippen LogP contribution in [0.5, 0.6) is 5.75 Å². The topological polar surface area (TPSA) is 60.9 Å². The molecule has 0 unspecified atom stereocenters. The molecule has 188 valence electrons. The fraction of sp³-hybridized carbons (Fsp3) is 0.370. The maximum atomic E-state index is 12.9. The van der Waals surface area contributed by atoms with E-state index < -0.39 is 0 Å². The Morgan fingerprint density at radius 3 is 2.42 bits per heavy atom. The molecule has 36 heavy (non-hydrogen) atoms. The summed E-state index contributed by atoms with van der Waals surface area (Å²) in [5, 5.41) is 7.07. The van der Waals surface area contributed by atoms with Crippen molar-refractivity contribution in [3.8, 4) is 5.75 Å². The lowest BCUT2D eigenvalue weighted by Gasteiger charge is -2.38. The molecule has 0 atom stereocenters. The largest absolute Gasteiger partial charge is 0.487 e. The molecule has 2 aliphatic rings. The number of rotatable bonds is 6. The molecule has 9 heteroatoms. The molecule has 3 heterocycles. The molecule has 2 fully saturated rings. The van der Waals surface area contributed by atoms with Crippen LogP contribution in [0, 0.1) is 0 Å². The maximum absolute atomic E-state index is 12.9. The standard InChI is InChI=1S/C27H31N5O2S2/c1-30(2)21-10-8-20(9-11-21)28-27(35)31-14-12-19(13-15-31)25-29-24(18-36-25)26(33)32-16-23(17-32)34-22-6-4-3-5-7-22/h3-11,18-19,23H,12-17H2,1-2H3,(H,28,35). The summed E-state index contributed by atoms with van der Waals surface area (Å²) in [6, 6.07) is 18.0. The highest BCUT2D eigenvalue weighted by atomic mass is 32.1. The van der Waals surface area contributed by atoms with E-state index in [0.29, 0.717) is 24.7 Å². The molecule has 1 N–H and O–H groups in total. The number of hydrogen-bond acceptors (Lipinski definition) is 6. The average Bonchev–Trinajstić information content (AvgIpc) is 3.37. The minimum absolute atomic E-state index is 0.00601. The van der Waals surface area contributed by atoms with Crippen LogP contribution in [0.25, 0.3) is 0 Å². The number of anilines is 2. The molecular formula is C27H31N5O2S2. The Hall–Kier alpha value is -3.17. The number of nitrogens with one attached hydrogen (secondary N) is 1. The Balaban J connectivity index is 1.08. The third-order valence-electron chi connectivity index (χ3n) is 6.69. The number of benzene rings is 2. The summed E-state index contributed by atoms with van der Waals surface area (Å²) in [5.74, 6) is 1.20. The second-order valence-corrected chi connectivity index (χ2v) is 10.7. The van der Waals surface area contributed by atoms with Gasteiger partial charge in [-0.2, -0.15) is 0 Å². The number of ether oxygens (including phenoxy) is 1. The van der Waals surface area contributed by atoms with Crippen molar-refractivity contribution in [2.75, 3.05) is 50.5 Å². The van der Waals surface area contributed by atoms with Crippen LogP contribution in [0.1, 0.15) is 34.3 Å². The lowest BCUT2D eigenvalue weighted by atomic mass is 9.98. The Kier molecular flexibility index (Phi) is 7.38. The molecule has 0 spiro atoms. The molecular weight excluding hydrogens is 490 g/mol. The predicted octanol–water partition coefficient (Wildman–Crippen LogP) is 4.69. The zero-order valence-electron chi connectivity index (χ0n) is 20.6. The minimum atomic E-state index is -0.00601. The van der Waals surface area contributed by atoms with E-state index in [-0.39, 0.29) is 12.0 Å². The number of hydrogen-bond donors (Lipinski definition) is 1. The second kappa shape index (κ2) is 10.8. The normalized spacial score (nSPS) is 16.4. The van der Waals surface area contributed by atoms with Gasteiger partial charge in [-0.05, 0) is 61.5 Å². The number of thiazole rings is 1. The number of aromatic nitrogens is 1. The van der Waals surface area contributed by atoms with Crippen molar-refractivity contribution >= 4 is 45.9 Å². The van der Waals surface area contributed by atoms with Crippen LogP contribution in [-0.2, 0) is 0 Å². The first-order valence-corrected chi connectivity index (χ1v) is 13.5. The van der Waals surface area contributed by atoms with E-state index in [4.69, 9.17) is 21.9 Å². The van der Waals surface area contributed by atoms with E-state index in [1.165, 1.54) is 0 Å². The zero-order valence-corrected chi connectivity index (χ0v) is 22.2. The first-order valence-electron chi connectivity index (χ1n) is 12.3. The number of amides is 1. The quantitative estimate of drug-likeness (QED) is 0.472. The summed E-state index contributed by atoms with van der Waals surface area (Å²) in [5.41, 5.74) is 2.70. The highest BCUT2D eigenvalue weighted by molar-refractivity contribution is 7.80. The smallest absolute Gasteiger partial charge is 0.273 e. The molecule has 0 bridgehead atoms. The molecule has 2 aliphatic heterocycles. The first-order chi connectivity index (χ1) is 17.5. The highest BCUT2D eigenvalue weighted by Gasteiger charge is 2.34. The molecule has 7 nitrogen and oxygen atoms in total. The summed E-state index contributed by atoms with van der Waals surface area (Å²) in [7, 11) is 4.06. The van der Waals surface area contributed by atoms with Crippen molar-refractivity contribution in [1.82, 2.24) is 14.8 Å². The van der Waals surface area contributed by atoms with Crippen molar-refractivity contribution in [2.24, 2.45) is 0 Å². The van der Waals surface area contributed by atoms with Gasteiger partial charge in [-0.3, -0.25) is 4.79 Å². The summed E-state index contributed by atoms with van der Waals surface area (Å²) >= 11 is 7.26. The molecule has 2 aromatic carbocycles. The number of piperidine rings is 1. The first kappa shape index (κ1) is 24.5. The van der Waals surface area contributed by atoms with Crippen molar-refractivity contribution < 1.29 is 9.53 Å². The van der Waals surface area contributed by atoms with Gasteiger partial charge in [0.2, 0.25) is 0 Å². The molecule has 0 aliphatic carbocycles. The Bertz CT molecular complexity index is 1180. The van der Waals surface area contributed by atoms with Gasteiger partial charge in [0.1, 0.15) is 17.5 Å². The predicted molar refractivity (Wildman–Crippen MR) is 149 cm³/mol. The minimum Gasteiger partial charge on any atom is -0.487 e. The van der Waals surface area contributed by atoms with Gasteiger partial charge < -0.3 is 24.8 Å². The SMILES string of the molecule is CN(C)c1ccc(NC(=S)N2CCC(c3nc(C(=O)N4CC(Oc5ccccc5)C4)cs3)CC2)cc1. The number of nitrogens with zero attached hydrogens (tertiary/aromatic N) is 4. The van der Waals surface area contributed by atoms with E-state index in [1.54, 1.807) is 11.3 Å². The van der Waals surface area contributed by atoms with Gasteiger partial charge in [0.05, 0.1) is 18.1 Å². The molecule has 1 aromatic heterocycles. The molecule has 2 saturated heterocycles. The van der Waals surface area contributed by atoms with E-state index in [1.807, 2.05) is 54.7 Å². The monoisotopic (exact) mass is 521 g/mol. The molecule has 0 radical (unpaired) electrons. The van der Waals surface area contributed by atoms with Crippen LogP contribution in [0.2, 0.25) is 0 Å². The van der Waals surface area contributed by atoms with E-state index >= 15 is 0 Å². The van der Waals surface area contributed by atoms with Crippen molar-refractivity contribution in [2.45, 2.75) is 24.9 Å². The van der Waals surface area contributed by atoms with Gasteiger partial charge in [-0.15, -0.1) is 11.3 Å². The third kappa shape index (κ3) is 5.63. The van der Waals surface area contributed by atoms with Crippen molar-refractivity contribution in [3.63, 3.8) is 0 Å². The molecule has 5 rings (SSSR count). The molecule has 0 saturated carbocycles. The van der Waals surface area contributed by atoms with Gasteiger partial charge in [-0.25, -0.2) is 4.98 Å². The fourth-order valence-corrected chi connectivity index (χ4v) is 5.75. The van der Waals surface area contributed by atoms with Crippen LogP contribution in [0.15, 0.2) is 60.0 Å². The Morgan fingerprint density at radius 2 is 1.75 bits per heavy atom. The van der Waals surface area contributed by atoms with Crippen molar-refractivity contribution in [3.05, 3.63) is 70.7 Å². The van der Waals surface area contributed by atoms with Gasteiger partial charge in [-0.1, -0.05) is 18.2 Å². The third-order valence-corrected chi connectivity index (χ3v) is 8.06. The average molecular weight is 522 g/mol. The molecule has 1 amide bonds. The van der Waals surface area contributed by atoms with Gasteiger partial charge in [0.15, 0.2) is 5.11 Å². The lowest BCUT2D eigenvalue weighted by Crippen LogP contribution is -2.56. The number of thiocarbonyl (C=S) groups is 1. The second-order valence-electron chi connectivity index (χ2n) is 9.47. The van der Waals surface area contributed by atoms with Crippen molar-refractivity contribution in [1.29, 1.82) is 0 Å². The maximum Gasteiger partial charge on any atom is 0.273 e. The van der Waals surface area contributed by atoms with Crippen LogP contribution < -0.4 is 15.0 Å².